The lowest BCUT2D eigenvalue weighted by Crippen LogP contribution is -2.01. The second-order valence-corrected chi connectivity index (χ2v) is 8.07. The maximum Gasteiger partial charge on any atom is 0.340 e. The number of hydrogen-bond donors (Lipinski definition) is 0. The van der Waals surface area contributed by atoms with Gasteiger partial charge in [-0.05, 0) is 12.0 Å². The monoisotopic (exact) mass is 397 g/mol. The fraction of sp³-hybridized carbons (Fsp3) is 0.577. The van der Waals surface area contributed by atoms with Crippen LogP contribution in [0.5, 0.6) is 0 Å². The molecule has 0 amide bonds. The van der Waals surface area contributed by atoms with Gasteiger partial charge in [0.15, 0.2) is 0 Å². The summed E-state index contributed by atoms with van der Waals surface area (Å²) in [5.41, 5.74) is 2.66. The number of carbonyl (C=O) groups is 1. The molecule has 1 aromatic carbocycles. The Bertz CT molecular complexity index is 690. The molecule has 0 radical (unpaired) electrons. The van der Waals surface area contributed by atoms with E-state index in [1.54, 1.807) is 0 Å². The van der Waals surface area contributed by atoms with Crippen molar-refractivity contribution in [2.45, 2.75) is 90.5 Å². The van der Waals surface area contributed by atoms with E-state index in [0.717, 1.165) is 24.1 Å². The van der Waals surface area contributed by atoms with E-state index in [0.29, 0.717) is 5.56 Å². The van der Waals surface area contributed by atoms with Crippen LogP contribution in [-0.4, -0.2) is 17.6 Å². The molecule has 0 spiro atoms. The average Bonchev–Trinajstić information content (AvgIpc) is 3.19. The summed E-state index contributed by atoms with van der Waals surface area (Å²) in [6, 6.07) is 10.1. The van der Waals surface area contributed by atoms with E-state index < -0.39 is 0 Å². The largest absolute Gasteiger partial charge is 0.465 e. The first-order chi connectivity index (χ1) is 14.3. The lowest BCUT2D eigenvalue weighted by Gasteiger charge is -2.04. The van der Waals surface area contributed by atoms with Crippen LogP contribution in [-0.2, 0) is 11.3 Å². The van der Waals surface area contributed by atoms with Crippen LogP contribution in [0.3, 0.4) is 0 Å². The summed E-state index contributed by atoms with van der Waals surface area (Å²) in [5, 5.41) is 0. The first kappa shape index (κ1) is 23.3. The highest BCUT2D eigenvalue weighted by molar-refractivity contribution is 5.97. The van der Waals surface area contributed by atoms with Crippen molar-refractivity contribution in [1.82, 2.24) is 4.57 Å². The molecule has 0 aliphatic rings. The summed E-state index contributed by atoms with van der Waals surface area (Å²) >= 11 is 0. The second kappa shape index (κ2) is 14.0. The van der Waals surface area contributed by atoms with Crippen LogP contribution in [0.4, 0.5) is 0 Å². The van der Waals surface area contributed by atoms with Crippen LogP contribution >= 0.6 is 0 Å². The number of nitrogens with zero attached hydrogens (tertiary/aromatic N) is 1. The Morgan fingerprint density at radius 1 is 0.793 bits per heavy atom. The molecule has 3 nitrogen and oxygen atoms in total. The van der Waals surface area contributed by atoms with Crippen LogP contribution in [0.1, 0.15) is 94.3 Å². The first-order valence-corrected chi connectivity index (χ1v) is 11.6. The predicted molar refractivity (Wildman–Crippen MR) is 122 cm³/mol. The van der Waals surface area contributed by atoms with E-state index in [4.69, 9.17) is 4.74 Å². The Hall–Kier alpha value is -2.03. The number of unbranched alkanes of at least 4 members (excludes halogenated alkanes) is 11. The van der Waals surface area contributed by atoms with Crippen molar-refractivity contribution in [3.63, 3.8) is 0 Å². The number of hydrogen-bond acceptors (Lipinski definition) is 2. The van der Waals surface area contributed by atoms with Gasteiger partial charge in [0.1, 0.15) is 0 Å². The Morgan fingerprint density at radius 2 is 1.34 bits per heavy atom. The third-order valence-electron chi connectivity index (χ3n) is 5.64. The summed E-state index contributed by atoms with van der Waals surface area (Å²) in [6.45, 7) is 3.23. The second-order valence-electron chi connectivity index (χ2n) is 8.07. The Balaban J connectivity index is 1.67. The molecule has 160 valence electrons. The van der Waals surface area contributed by atoms with Gasteiger partial charge in [0.25, 0.3) is 0 Å². The number of aromatic nitrogens is 1. The number of esters is 1. The third-order valence-corrected chi connectivity index (χ3v) is 5.64. The topological polar surface area (TPSA) is 31.2 Å². The minimum Gasteiger partial charge on any atom is -0.465 e. The number of rotatable bonds is 15. The highest BCUT2D eigenvalue weighted by Crippen LogP contribution is 2.26. The molecule has 3 heteroatoms. The van der Waals surface area contributed by atoms with Gasteiger partial charge in [-0.1, -0.05) is 108 Å². The van der Waals surface area contributed by atoms with Gasteiger partial charge in [0.05, 0.1) is 12.7 Å². The lowest BCUT2D eigenvalue weighted by atomic mass is 10.1. The lowest BCUT2D eigenvalue weighted by molar-refractivity contribution is 0.0601. The molecule has 0 atom stereocenters. The van der Waals surface area contributed by atoms with Gasteiger partial charge >= 0.3 is 5.97 Å². The smallest absolute Gasteiger partial charge is 0.340 e. The average molecular weight is 398 g/mol. The molecule has 0 saturated heterocycles. The van der Waals surface area contributed by atoms with Gasteiger partial charge in [-0.25, -0.2) is 4.79 Å². The molecule has 0 saturated carbocycles. The summed E-state index contributed by atoms with van der Waals surface area (Å²) in [7, 11) is 1.44. The van der Waals surface area contributed by atoms with Crippen LogP contribution in [0, 0.1) is 0 Å². The van der Waals surface area contributed by atoms with Gasteiger partial charge < -0.3 is 9.30 Å². The molecule has 1 heterocycles. The molecule has 2 rings (SSSR count). The zero-order valence-corrected chi connectivity index (χ0v) is 18.5. The van der Waals surface area contributed by atoms with Crippen molar-refractivity contribution in [1.29, 1.82) is 0 Å². The SMILES string of the molecule is CCCCCCCCCCCCCCn1cc(C(=O)OC)c(-c2ccccc2)c1. The van der Waals surface area contributed by atoms with Crippen LogP contribution in [0.25, 0.3) is 11.1 Å². The van der Waals surface area contributed by atoms with Crippen molar-refractivity contribution >= 4 is 5.97 Å². The molecule has 0 bridgehead atoms. The minimum absolute atomic E-state index is 0.266. The first-order valence-electron chi connectivity index (χ1n) is 11.6. The summed E-state index contributed by atoms with van der Waals surface area (Å²) < 4.78 is 7.12. The van der Waals surface area contributed by atoms with Crippen molar-refractivity contribution in [3.8, 4) is 11.1 Å². The molecule has 0 aliphatic carbocycles. The van der Waals surface area contributed by atoms with E-state index in [2.05, 4.69) is 17.7 Å². The maximum atomic E-state index is 12.2. The van der Waals surface area contributed by atoms with E-state index in [9.17, 15) is 4.79 Å². The quantitative estimate of drug-likeness (QED) is 0.228. The number of aryl methyl sites for hydroxylation is 1. The van der Waals surface area contributed by atoms with Gasteiger partial charge in [-0.15, -0.1) is 0 Å². The third kappa shape index (κ3) is 8.47. The number of benzene rings is 1. The molecule has 29 heavy (non-hydrogen) atoms. The highest BCUT2D eigenvalue weighted by Gasteiger charge is 2.16. The molecule has 2 aromatic rings. The molecule has 0 N–H and O–H groups in total. The van der Waals surface area contributed by atoms with E-state index in [1.807, 2.05) is 36.5 Å². The summed E-state index contributed by atoms with van der Waals surface area (Å²) in [6.07, 6.45) is 20.3. The van der Waals surface area contributed by atoms with Crippen molar-refractivity contribution in [2.24, 2.45) is 0 Å². The summed E-state index contributed by atoms with van der Waals surface area (Å²) in [4.78, 5) is 12.2. The molecule has 0 fully saturated rings. The van der Waals surface area contributed by atoms with Gasteiger partial charge in [-0.2, -0.15) is 0 Å². The van der Waals surface area contributed by atoms with Crippen LogP contribution in [0.15, 0.2) is 42.7 Å². The van der Waals surface area contributed by atoms with Crippen LogP contribution < -0.4 is 0 Å². The van der Waals surface area contributed by atoms with E-state index in [1.165, 1.54) is 77.7 Å². The molecule has 1 aromatic heterocycles. The van der Waals surface area contributed by atoms with Gasteiger partial charge in [0.2, 0.25) is 0 Å². The molecule has 0 unspecified atom stereocenters. The molecular weight excluding hydrogens is 358 g/mol. The normalized spacial score (nSPS) is 11.0. The van der Waals surface area contributed by atoms with Gasteiger partial charge in [0, 0.05) is 24.5 Å². The predicted octanol–water partition coefficient (Wildman–Crippen LogP) is 7.64. The van der Waals surface area contributed by atoms with E-state index >= 15 is 0 Å². The zero-order chi connectivity index (χ0) is 20.7. The fourth-order valence-electron chi connectivity index (χ4n) is 3.89. The number of carbonyl (C=O) groups excluding carboxylic acids is 1. The highest BCUT2D eigenvalue weighted by atomic mass is 16.5. The fourth-order valence-corrected chi connectivity index (χ4v) is 3.89. The number of ether oxygens (including phenoxy) is 1. The van der Waals surface area contributed by atoms with Crippen molar-refractivity contribution in [3.05, 3.63) is 48.3 Å². The Labute approximate surface area is 177 Å². The Morgan fingerprint density at radius 3 is 1.90 bits per heavy atom. The standard InChI is InChI=1S/C26H39NO2/c1-3-4-5-6-7-8-9-10-11-12-13-17-20-27-21-24(23-18-15-14-16-19-23)25(22-27)26(28)29-2/h14-16,18-19,21-22H,3-13,17,20H2,1-2H3. The molecular formula is C26H39NO2. The van der Waals surface area contributed by atoms with E-state index in [-0.39, 0.29) is 5.97 Å². The summed E-state index contributed by atoms with van der Waals surface area (Å²) in [5.74, 6) is -0.266. The zero-order valence-electron chi connectivity index (χ0n) is 18.5. The molecule has 0 aliphatic heterocycles. The Kier molecular flexibility index (Phi) is 11.3. The van der Waals surface area contributed by atoms with Crippen LogP contribution in [0.2, 0.25) is 0 Å². The van der Waals surface area contributed by atoms with Gasteiger partial charge in [-0.3, -0.25) is 0 Å². The van der Waals surface area contributed by atoms with Crippen molar-refractivity contribution < 1.29 is 9.53 Å². The maximum absolute atomic E-state index is 12.2. The van der Waals surface area contributed by atoms with Crippen molar-refractivity contribution in [2.75, 3.05) is 7.11 Å². The minimum atomic E-state index is -0.266. The number of methoxy groups -OCH3 is 1.